The number of benzene rings is 1. The zero-order valence-corrected chi connectivity index (χ0v) is 9.10. The van der Waals surface area contributed by atoms with Crippen molar-refractivity contribution in [2.24, 2.45) is 0 Å². The van der Waals surface area contributed by atoms with Gasteiger partial charge in [0.25, 0.3) is 0 Å². The van der Waals surface area contributed by atoms with Crippen LogP contribution in [0.3, 0.4) is 0 Å². The summed E-state index contributed by atoms with van der Waals surface area (Å²) in [4.78, 5) is 22.1. The van der Waals surface area contributed by atoms with Crippen molar-refractivity contribution in [2.75, 3.05) is 6.61 Å². The largest absolute Gasteiger partial charge is 0.494 e. The summed E-state index contributed by atoms with van der Waals surface area (Å²) in [6.45, 7) is 2.35. The van der Waals surface area contributed by atoms with E-state index in [0.717, 1.165) is 0 Å². The molecule has 0 aliphatic rings. The van der Waals surface area contributed by atoms with Crippen LogP contribution in [0.1, 0.15) is 17.3 Å². The summed E-state index contributed by atoms with van der Waals surface area (Å²) >= 11 is 0. The first-order chi connectivity index (χ1) is 8.11. The standard InChI is InChI=1S/C12H10O5/c1-2-16-8-3-4-10-7(5-8)6-9(11(13)14)12(15)17-10/h3-6H,2H2,1H3,(H,13,14). The van der Waals surface area contributed by atoms with E-state index in [9.17, 15) is 9.59 Å². The van der Waals surface area contributed by atoms with E-state index < -0.39 is 11.6 Å². The lowest BCUT2D eigenvalue weighted by molar-refractivity contribution is 0.0692. The summed E-state index contributed by atoms with van der Waals surface area (Å²) in [6, 6.07) is 6.16. The predicted molar refractivity (Wildman–Crippen MR) is 60.6 cm³/mol. The fourth-order valence-corrected chi connectivity index (χ4v) is 1.51. The Kier molecular flexibility index (Phi) is 2.82. The van der Waals surface area contributed by atoms with Gasteiger partial charge in [-0.1, -0.05) is 0 Å². The molecule has 0 saturated carbocycles. The summed E-state index contributed by atoms with van der Waals surface area (Å²) in [5.41, 5.74) is -0.899. The monoisotopic (exact) mass is 234 g/mol. The topological polar surface area (TPSA) is 76.7 Å². The molecule has 0 aliphatic carbocycles. The van der Waals surface area contributed by atoms with Gasteiger partial charge in [-0.15, -0.1) is 0 Å². The smallest absolute Gasteiger partial charge is 0.351 e. The second-order valence-electron chi connectivity index (χ2n) is 3.39. The fourth-order valence-electron chi connectivity index (χ4n) is 1.51. The third kappa shape index (κ3) is 2.13. The molecule has 88 valence electrons. The van der Waals surface area contributed by atoms with Crippen molar-refractivity contribution in [1.82, 2.24) is 0 Å². The molecule has 17 heavy (non-hydrogen) atoms. The maximum absolute atomic E-state index is 11.3. The van der Waals surface area contributed by atoms with Crippen LogP contribution in [0.5, 0.6) is 5.75 Å². The molecule has 0 amide bonds. The first-order valence-electron chi connectivity index (χ1n) is 5.06. The number of carboxylic acids is 1. The quantitative estimate of drug-likeness (QED) is 0.820. The van der Waals surface area contributed by atoms with Gasteiger partial charge < -0.3 is 14.3 Å². The first kappa shape index (κ1) is 11.2. The lowest BCUT2D eigenvalue weighted by atomic mass is 10.2. The van der Waals surface area contributed by atoms with Crippen molar-refractivity contribution in [1.29, 1.82) is 0 Å². The van der Waals surface area contributed by atoms with Crippen molar-refractivity contribution in [3.63, 3.8) is 0 Å². The van der Waals surface area contributed by atoms with E-state index in [4.69, 9.17) is 14.3 Å². The molecule has 0 radical (unpaired) electrons. The van der Waals surface area contributed by atoms with Crippen LogP contribution in [0, 0.1) is 0 Å². The minimum atomic E-state index is -1.30. The van der Waals surface area contributed by atoms with Gasteiger partial charge in [0.2, 0.25) is 0 Å². The molecule has 2 rings (SSSR count). The van der Waals surface area contributed by atoms with Gasteiger partial charge in [0, 0.05) is 5.39 Å². The highest BCUT2D eigenvalue weighted by atomic mass is 16.5. The Hall–Kier alpha value is -2.30. The Morgan fingerprint density at radius 1 is 1.41 bits per heavy atom. The Labute approximate surface area is 96.2 Å². The number of rotatable bonds is 3. The van der Waals surface area contributed by atoms with E-state index in [2.05, 4.69) is 0 Å². The molecular formula is C12H10O5. The summed E-state index contributed by atoms with van der Waals surface area (Å²) in [6.07, 6.45) is 0. The van der Waals surface area contributed by atoms with Crippen LogP contribution < -0.4 is 10.4 Å². The molecule has 1 heterocycles. The maximum Gasteiger partial charge on any atom is 0.351 e. The molecule has 0 unspecified atom stereocenters. The highest BCUT2D eigenvalue weighted by molar-refractivity contribution is 5.91. The third-order valence-electron chi connectivity index (χ3n) is 2.25. The summed E-state index contributed by atoms with van der Waals surface area (Å²) in [5.74, 6) is -0.701. The molecule has 2 aromatic rings. The molecule has 1 aromatic carbocycles. The molecule has 5 heteroatoms. The number of fused-ring (bicyclic) bond motifs is 1. The van der Waals surface area contributed by atoms with E-state index >= 15 is 0 Å². The second kappa shape index (κ2) is 4.29. The van der Waals surface area contributed by atoms with Crippen LogP contribution in [0.4, 0.5) is 0 Å². The zero-order valence-electron chi connectivity index (χ0n) is 9.10. The summed E-state index contributed by atoms with van der Waals surface area (Å²) < 4.78 is 10.2. The van der Waals surface area contributed by atoms with Crippen LogP contribution in [0.25, 0.3) is 11.0 Å². The maximum atomic E-state index is 11.3. The first-order valence-corrected chi connectivity index (χ1v) is 5.06. The van der Waals surface area contributed by atoms with Crippen LogP contribution in [0.2, 0.25) is 0 Å². The molecule has 0 atom stereocenters. The second-order valence-corrected chi connectivity index (χ2v) is 3.39. The van der Waals surface area contributed by atoms with E-state index in [1.807, 2.05) is 6.92 Å². The van der Waals surface area contributed by atoms with E-state index in [1.165, 1.54) is 6.07 Å². The van der Waals surface area contributed by atoms with Crippen molar-refractivity contribution < 1.29 is 19.1 Å². The molecule has 0 bridgehead atoms. The third-order valence-corrected chi connectivity index (χ3v) is 2.25. The minimum Gasteiger partial charge on any atom is -0.494 e. The zero-order chi connectivity index (χ0) is 12.4. The van der Waals surface area contributed by atoms with Gasteiger partial charge in [0.15, 0.2) is 0 Å². The van der Waals surface area contributed by atoms with Gasteiger partial charge >= 0.3 is 11.6 Å². The van der Waals surface area contributed by atoms with Crippen molar-refractivity contribution in [3.05, 3.63) is 40.2 Å². The average molecular weight is 234 g/mol. The lowest BCUT2D eigenvalue weighted by Crippen LogP contribution is -2.12. The predicted octanol–water partition coefficient (Wildman–Crippen LogP) is 1.89. The van der Waals surface area contributed by atoms with Gasteiger partial charge in [-0.25, -0.2) is 9.59 Å². The number of hydrogen-bond donors (Lipinski definition) is 1. The number of ether oxygens (including phenoxy) is 1. The molecule has 0 aliphatic heterocycles. The van der Waals surface area contributed by atoms with E-state index in [1.54, 1.807) is 18.2 Å². The number of aromatic carboxylic acids is 1. The van der Waals surface area contributed by atoms with Gasteiger partial charge in [-0.3, -0.25) is 0 Å². The Balaban J connectivity index is 2.64. The SMILES string of the molecule is CCOc1ccc2oc(=O)c(C(=O)O)cc2c1. The van der Waals surface area contributed by atoms with Crippen molar-refractivity contribution >= 4 is 16.9 Å². The Morgan fingerprint density at radius 2 is 2.18 bits per heavy atom. The molecule has 0 spiro atoms. The lowest BCUT2D eigenvalue weighted by Gasteiger charge is -2.04. The highest BCUT2D eigenvalue weighted by Gasteiger charge is 2.12. The van der Waals surface area contributed by atoms with Gasteiger partial charge in [0.05, 0.1) is 6.61 Å². The number of carbonyl (C=O) groups is 1. The van der Waals surface area contributed by atoms with Crippen LogP contribution >= 0.6 is 0 Å². The van der Waals surface area contributed by atoms with Gasteiger partial charge in [-0.2, -0.15) is 0 Å². The molecule has 1 N–H and O–H groups in total. The normalized spacial score (nSPS) is 10.4. The van der Waals surface area contributed by atoms with Crippen molar-refractivity contribution in [2.45, 2.75) is 6.92 Å². The van der Waals surface area contributed by atoms with Crippen LogP contribution in [-0.2, 0) is 0 Å². The molecule has 0 fully saturated rings. The van der Waals surface area contributed by atoms with Gasteiger partial charge in [0.1, 0.15) is 16.9 Å². The summed E-state index contributed by atoms with van der Waals surface area (Å²) in [5, 5.41) is 9.33. The summed E-state index contributed by atoms with van der Waals surface area (Å²) in [7, 11) is 0. The fraction of sp³-hybridized carbons (Fsp3) is 0.167. The molecule has 0 saturated heterocycles. The minimum absolute atomic E-state index is 0.337. The average Bonchev–Trinajstić information content (AvgIpc) is 2.28. The molecule has 1 aromatic heterocycles. The van der Waals surface area contributed by atoms with Gasteiger partial charge in [-0.05, 0) is 31.2 Å². The van der Waals surface area contributed by atoms with Crippen molar-refractivity contribution in [3.8, 4) is 5.75 Å². The van der Waals surface area contributed by atoms with Crippen LogP contribution in [0.15, 0.2) is 33.5 Å². The molecular weight excluding hydrogens is 224 g/mol. The molecule has 5 nitrogen and oxygen atoms in total. The number of carboxylic acid groups (broad SMARTS) is 1. The van der Waals surface area contributed by atoms with Crippen LogP contribution in [-0.4, -0.2) is 17.7 Å². The van der Waals surface area contributed by atoms with E-state index in [-0.39, 0.29) is 5.56 Å². The number of hydrogen-bond acceptors (Lipinski definition) is 4. The Bertz CT molecular complexity index is 626. The Morgan fingerprint density at radius 3 is 2.82 bits per heavy atom. The highest BCUT2D eigenvalue weighted by Crippen LogP contribution is 2.20. The van der Waals surface area contributed by atoms with E-state index in [0.29, 0.717) is 23.3 Å².